The van der Waals surface area contributed by atoms with Gasteiger partial charge in [-0.2, -0.15) is 0 Å². The summed E-state index contributed by atoms with van der Waals surface area (Å²) < 4.78 is 11.4. The Kier molecular flexibility index (Phi) is 42.5. The molecule has 0 saturated heterocycles. The van der Waals surface area contributed by atoms with E-state index in [2.05, 4.69) is 169 Å². The zero-order valence-corrected chi connectivity index (χ0v) is 63.2. The Labute approximate surface area is 652 Å². The second-order valence-electron chi connectivity index (χ2n) is 21.5. The summed E-state index contributed by atoms with van der Waals surface area (Å²) in [4.78, 5) is 44.4. The number of hydrogen-bond acceptors (Lipinski definition) is 11. The minimum atomic E-state index is -0.670. The number of carbonyl (C=O) groups excluding carboxylic acids is 3. The van der Waals surface area contributed by atoms with Crippen molar-refractivity contribution in [3.8, 4) is 0 Å². The molecule has 0 unspecified atom stereocenters. The van der Waals surface area contributed by atoms with E-state index in [1.807, 2.05) is 133 Å². The molecular formula is C79H93ClK2N5O7+. The van der Waals surface area contributed by atoms with Gasteiger partial charge in [0, 0.05) is 23.5 Å². The number of unbranched alkanes of at least 4 members (excludes halogenated alkanes) is 3. The molecule has 7 aromatic carbocycles. The number of pyridine rings is 2. The molecule has 0 aliphatic heterocycles. The minimum Gasteiger partial charge on any atom is -1.00 e. The zero-order valence-electron chi connectivity index (χ0n) is 57.2. The van der Waals surface area contributed by atoms with E-state index in [1.54, 1.807) is 26.2 Å². The van der Waals surface area contributed by atoms with Gasteiger partial charge in [-0.3, -0.25) is 9.59 Å². The molecule has 0 atom stereocenters. The molecule has 2 aromatic heterocycles. The van der Waals surface area contributed by atoms with Crippen LogP contribution in [0, 0.1) is 0 Å². The van der Waals surface area contributed by atoms with Crippen molar-refractivity contribution in [2.45, 2.75) is 97.2 Å². The Hall–Kier alpha value is -6.19. The molecule has 2 N–H and O–H groups in total. The Morgan fingerprint density at radius 3 is 1.09 bits per heavy atom. The van der Waals surface area contributed by atoms with Crippen LogP contribution in [0.15, 0.2) is 269 Å². The van der Waals surface area contributed by atoms with Crippen molar-refractivity contribution in [2.24, 2.45) is 0 Å². The van der Waals surface area contributed by atoms with Crippen LogP contribution in [-0.2, 0) is 52.8 Å². The van der Waals surface area contributed by atoms with Gasteiger partial charge in [-0.1, -0.05) is 265 Å². The summed E-state index contributed by atoms with van der Waals surface area (Å²) in [5, 5.41) is 15.9. The molecular weight excluding hydrogens is 1240 g/mol. The molecule has 12 nitrogen and oxygen atoms in total. The number of aromatic nitrogens is 2. The Morgan fingerprint density at radius 1 is 0.489 bits per heavy atom. The molecule has 0 saturated carbocycles. The first-order valence-corrected chi connectivity index (χ1v) is 31.5. The van der Waals surface area contributed by atoms with Gasteiger partial charge in [-0.05, 0) is 90.3 Å². The molecule has 0 bridgehead atoms. The second kappa shape index (κ2) is 47.7. The monoisotopic (exact) mass is 1340 g/mol. The summed E-state index contributed by atoms with van der Waals surface area (Å²) in [6.07, 6.45) is 11.6. The Bertz CT molecular complexity index is 3250. The molecule has 484 valence electrons. The van der Waals surface area contributed by atoms with Crippen molar-refractivity contribution in [3.63, 3.8) is 0 Å². The number of halogens is 1. The van der Waals surface area contributed by atoms with Crippen LogP contribution in [0.4, 0.5) is 11.6 Å². The number of nitrogens with one attached hydrogen (secondary N) is 2. The van der Waals surface area contributed by atoms with E-state index in [-0.39, 0.29) is 141 Å². The maximum atomic E-state index is 12.0. The molecule has 94 heavy (non-hydrogen) atoms. The van der Waals surface area contributed by atoms with Crippen molar-refractivity contribution in [2.75, 3.05) is 43.5 Å². The van der Waals surface area contributed by atoms with Gasteiger partial charge in [0.15, 0.2) is 0 Å². The van der Waals surface area contributed by atoms with Crippen molar-refractivity contribution in [1.29, 1.82) is 0 Å². The molecule has 0 amide bonds. The normalized spacial score (nSPS) is 10.4. The quantitative estimate of drug-likeness (QED) is 0.00555. The second-order valence-corrected chi connectivity index (χ2v) is 21.5. The van der Waals surface area contributed by atoms with Gasteiger partial charge in [-0.25, -0.2) is 14.8 Å². The smallest absolute Gasteiger partial charge is 1.00 e. The third-order valence-corrected chi connectivity index (χ3v) is 15.3. The van der Waals surface area contributed by atoms with Crippen molar-refractivity contribution < 1.29 is 143 Å². The van der Waals surface area contributed by atoms with Crippen LogP contribution in [0.5, 0.6) is 0 Å². The fourth-order valence-corrected chi connectivity index (χ4v) is 10.9. The first-order valence-electron chi connectivity index (χ1n) is 31.5. The molecule has 0 spiro atoms. The summed E-state index contributed by atoms with van der Waals surface area (Å²) in [5.41, 5.74) is 8.52. The summed E-state index contributed by atoms with van der Waals surface area (Å²) in [6.45, 7) is 26.2. The zero-order chi connectivity index (χ0) is 65.4. The third-order valence-electron chi connectivity index (χ3n) is 15.3. The van der Waals surface area contributed by atoms with Crippen LogP contribution in [0.2, 0.25) is 0 Å². The van der Waals surface area contributed by atoms with E-state index in [0.717, 1.165) is 38.9 Å². The predicted octanol–water partition coefficient (Wildman–Crippen LogP) is 10.8. The maximum absolute atomic E-state index is 12.0. The SMILES string of the molecule is C=C.C=C(C(=O)OCC)c1ccc(NC(c2ccccc2)(c2ccccc2)c2ccccc2)nc1.CCCC[N+](CCCC)(CCCC)Cc1ccccc1.CCOC(=O)Cc1ccc(NC(c2ccccc2)(c2ccccc2)c2ccccc2)nc1.Cl.O=CO[O-].[H-].[K+].[K+]. The van der Waals surface area contributed by atoms with E-state index in [4.69, 9.17) is 19.5 Å². The van der Waals surface area contributed by atoms with Crippen molar-refractivity contribution in [1.82, 2.24) is 9.97 Å². The fourth-order valence-electron chi connectivity index (χ4n) is 10.9. The Balaban J connectivity index is 0.000000687. The maximum Gasteiger partial charge on any atom is 1.00 e. The molecule has 0 radical (unpaired) electrons. The summed E-state index contributed by atoms with van der Waals surface area (Å²) in [7, 11) is 0. The first kappa shape index (κ1) is 83.9. The average Bonchev–Trinajstić information content (AvgIpc) is 0.763. The van der Waals surface area contributed by atoms with Gasteiger partial charge in [-0.15, -0.1) is 25.6 Å². The molecule has 2 heterocycles. The molecule has 9 rings (SSSR count). The van der Waals surface area contributed by atoms with E-state index in [1.165, 1.54) is 74.8 Å². The largest absolute Gasteiger partial charge is 1.00 e. The predicted molar refractivity (Wildman–Crippen MR) is 377 cm³/mol. The summed E-state index contributed by atoms with van der Waals surface area (Å²) in [5.74, 6) is 0.704. The number of benzene rings is 7. The molecule has 0 aliphatic carbocycles. The van der Waals surface area contributed by atoms with E-state index >= 15 is 0 Å². The third kappa shape index (κ3) is 25.8. The number of rotatable bonds is 28. The summed E-state index contributed by atoms with van der Waals surface area (Å²) >= 11 is 0. The van der Waals surface area contributed by atoms with E-state index in [9.17, 15) is 9.59 Å². The molecule has 9 aromatic rings. The van der Waals surface area contributed by atoms with Gasteiger partial charge >= 0.3 is 115 Å². The minimum absolute atomic E-state index is 0. The topological polar surface area (TPSA) is 152 Å². The molecule has 0 aliphatic rings. The van der Waals surface area contributed by atoms with Crippen molar-refractivity contribution >= 4 is 48.0 Å². The first-order chi connectivity index (χ1) is 44.5. The number of esters is 2. The summed E-state index contributed by atoms with van der Waals surface area (Å²) in [6, 6.07) is 80.7. The molecule has 15 heteroatoms. The van der Waals surface area contributed by atoms with Crippen LogP contribution in [0.1, 0.15) is 125 Å². The fraction of sp³-hybridized carbons (Fsp3) is 0.253. The van der Waals surface area contributed by atoms with Gasteiger partial charge < -0.3 is 36.2 Å². The standard InChI is InChI=1S/C29H26N2O2.C28H26N2O2.C19H34N.C2H4.CH2O3.ClH.2K.H/c1-3-33-28(32)22(2)23-19-20-27(30-21-23)31-29(24-13-7-4-8-14-24,25-15-9-5-10-16-25)26-17-11-6-12-18-26;1-2-32-27(31)20-22-18-19-26(29-21-22)30-28(23-12-6-3-7-13-23,24-14-8-4-9-15-24)25-16-10-5-11-17-25;1-4-7-15-20(16-8-5-2,17-9-6-3)18-19-13-11-10-12-14-19;1-2;2-1-4-3;;;;/h4-21H,2-3H2,1H3,(H,30,31);3-19,21H,2,20H2,1H3,(H,29,30);10-14H,4-9,15-18H2,1-3H3;1-2H2;1,3H;1H;;;/q;;+1;;;;2*+1;-1/p-1. The number of nitrogens with zero attached hydrogens (tertiary/aromatic N) is 3. The number of hydrogen-bond donors (Lipinski definition) is 2. The van der Waals surface area contributed by atoms with Crippen LogP contribution >= 0.6 is 12.4 Å². The van der Waals surface area contributed by atoms with Gasteiger partial charge in [0.05, 0.1) is 44.8 Å². The van der Waals surface area contributed by atoms with Gasteiger partial charge in [0.1, 0.15) is 29.3 Å². The number of quaternary nitrogens is 1. The molecule has 0 fully saturated rings. The average molecular weight is 1340 g/mol. The number of anilines is 2. The van der Waals surface area contributed by atoms with Crippen molar-refractivity contribution in [3.05, 3.63) is 319 Å². The van der Waals surface area contributed by atoms with Crippen LogP contribution in [0.25, 0.3) is 5.57 Å². The van der Waals surface area contributed by atoms with E-state index < -0.39 is 17.0 Å². The van der Waals surface area contributed by atoms with Crippen LogP contribution in [-0.4, -0.2) is 65.7 Å². The van der Waals surface area contributed by atoms with Crippen LogP contribution in [0.3, 0.4) is 0 Å². The van der Waals surface area contributed by atoms with Crippen LogP contribution < -0.4 is 119 Å². The Morgan fingerprint density at radius 2 is 0.809 bits per heavy atom. The van der Waals surface area contributed by atoms with E-state index in [0.29, 0.717) is 30.4 Å². The van der Waals surface area contributed by atoms with Gasteiger partial charge in [0.25, 0.3) is 6.47 Å². The number of carbonyl (C=O) groups is 3. The number of ether oxygens (including phenoxy) is 2. The van der Waals surface area contributed by atoms with Gasteiger partial charge in [0.2, 0.25) is 0 Å².